The molecule has 0 spiro atoms. The van der Waals surface area contributed by atoms with E-state index in [-0.39, 0.29) is 11.9 Å². The van der Waals surface area contributed by atoms with Crippen LogP contribution in [0.15, 0.2) is 30.6 Å². The predicted molar refractivity (Wildman–Crippen MR) is 124 cm³/mol. The molecule has 2 fully saturated rings. The van der Waals surface area contributed by atoms with E-state index in [1.807, 2.05) is 12.1 Å². The van der Waals surface area contributed by atoms with Crippen molar-refractivity contribution in [1.82, 2.24) is 25.1 Å². The van der Waals surface area contributed by atoms with Crippen molar-refractivity contribution in [2.24, 2.45) is 0 Å². The van der Waals surface area contributed by atoms with E-state index in [2.05, 4.69) is 32.3 Å². The summed E-state index contributed by atoms with van der Waals surface area (Å²) in [5.74, 6) is 2.42. The SMILES string of the molecule is C[C@@H]1COCCN1c1nc(Nc2ccn[nH]2)c(C=N)c(-c2ccc(N3CCCC3=O)nc2)n1. The van der Waals surface area contributed by atoms with E-state index in [4.69, 9.17) is 20.1 Å². The molecule has 0 bridgehead atoms. The van der Waals surface area contributed by atoms with Crippen LogP contribution < -0.4 is 15.1 Å². The summed E-state index contributed by atoms with van der Waals surface area (Å²) in [6.45, 7) is 4.61. The van der Waals surface area contributed by atoms with Crippen LogP contribution >= 0.6 is 0 Å². The Morgan fingerprint density at radius 2 is 2.18 bits per heavy atom. The third-order valence-corrected chi connectivity index (χ3v) is 5.83. The Morgan fingerprint density at radius 3 is 2.85 bits per heavy atom. The van der Waals surface area contributed by atoms with Crippen LogP contribution in [0.25, 0.3) is 11.3 Å². The molecular weight excluding hydrogens is 422 g/mol. The summed E-state index contributed by atoms with van der Waals surface area (Å²) in [4.78, 5) is 30.0. The Labute approximate surface area is 190 Å². The van der Waals surface area contributed by atoms with Crippen molar-refractivity contribution in [3.63, 3.8) is 0 Å². The average Bonchev–Trinajstić information content (AvgIpc) is 3.51. The number of nitrogens with one attached hydrogen (secondary N) is 3. The van der Waals surface area contributed by atoms with Gasteiger partial charge in [0.2, 0.25) is 11.9 Å². The van der Waals surface area contributed by atoms with E-state index in [1.165, 1.54) is 6.21 Å². The van der Waals surface area contributed by atoms with Crippen molar-refractivity contribution >= 4 is 35.5 Å². The van der Waals surface area contributed by atoms with Gasteiger partial charge in [-0.1, -0.05) is 0 Å². The minimum Gasteiger partial charge on any atom is -0.377 e. The van der Waals surface area contributed by atoms with E-state index >= 15 is 0 Å². The number of ether oxygens (including phenoxy) is 1. The van der Waals surface area contributed by atoms with Gasteiger partial charge in [-0.25, -0.2) is 9.97 Å². The van der Waals surface area contributed by atoms with Crippen molar-refractivity contribution in [3.05, 3.63) is 36.2 Å². The van der Waals surface area contributed by atoms with Crippen LogP contribution in [0.5, 0.6) is 0 Å². The topological polar surface area (TPSA) is 136 Å². The number of hydrogen-bond donors (Lipinski definition) is 3. The molecule has 2 aliphatic rings. The van der Waals surface area contributed by atoms with E-state index in [1.54, 1.807) is 23.4 Å². The number of anilines is 4. The molecule has 3 N–H and O–H groups in total. The van der Waals surface area contributed by atoms with Gasteiger partial charge in [0.05, 0.1) is 36.7 Å². The summed E-state index contributed by atoms with van der Waals surface area (Å²) in [6, 6.07) is 5.61. The van der Waals surface area contributed by atoms with Crippen molar-refractivity contribution in [1.29, 1.82) is 5.41 Å². The number of carbonyl (C=O) groups is 1. The Hall–Kier alpha value is -3.86. The fourth-order valence-corrected chi connectivity index (χ4v) is 4.09. The van der Waals surface area contributed by atoms with Crippen LogP contribution in [-0.2, 0) is 9.53 Å². The molecule has 5 rings (SSSR count). The lowest BCUT2D eigenvalue weighted by Crippen LogP contribution is -2.44. The zero-order valence-electron chi connectivity index (χ0n) is 18.3. The maximum absolute atomic E-state index is 12.1. The number of aromatic amines is 1. The summed E-state index contributed by atoms with van der Waals surface area (Å²) < 4.78 is 5.57. The molecule has 2 saturated heterocycles. The van der Waals surface area contributed by atoms with Crippen molar-refractivity contribution in [2.75, 3.05) is 41.4 Å². The number of aromatic nitrogens is 5. The highest BCUT2D eigenvalue weighted by Crippen LogP contribution is 2.31. The largest absolute Gasteiger partial charge is 0.377 e. The van der Waals surface area contributed by atoms with Crippen LogP contribution in [0, 0.1) is 5.41 Å². The number of amides is 1. The van der Waals surface area contributed by atoms with Gasteiger partial charge in [0.15, 0.2) is 0 Å². The van der Waals surface area contributed by atoms with Gasteiger partial charge in [0.25, 0.3) is 0 Å². The highest BCUT2D eigenvalue weighted by atomic mass is 16.5. The van der Waals surface area contributed by atoms with Crippen molar-refractivity contribution in [2.45, 2.75) is 25.8 Å². The summed E-state index contributed by atoms with van der Waals surface area (Å²) in [5, 5.41) is 18.1. The summed E-state index contributed by atoms with van der Waals surface area (Å²) >= 11 is 0. The van der Waals surface area contributed by atoms with Crippen LogP contribution in [0.3, 0.4) is 0 Å². The standard InChI is InChI=1S/C22H25N9O2/c1-14-13-33-10-9-30(14)22-27-20(16(11-23)21(28-22)26-17-6-7-25-29-17)15-4-5-18(24-12-15)31-8-2-3-19(31)32/h4-7,11-12,14,23H,2-3,8-10,13H2,1H3,(H2,25,26,27,28,29)/t14-/m1/s1. The normalized spacial score (nSPS) is 18.6. The van der Waals surface area contributed by atoms with E-state index < -0.39 is 0 Å². The minimum absolute atomic E-state index is 0.0899. The zero-order valence-corrected chi connectivity index (χ0v) is 18.3. The molecule has 11 nitrogen and oxygen atoms in total. The summed E-state index contributed by atoms with van der Waals surface area (Å²) in [5.41, 5.74) is 1.85. The fraction of sp³-hybridized carbons (Fsp3) is 0.364. The van der Waals surface area contributed by atoms with Crippen LogP contribution in [-0.4, -0.2) is 69.6 Å². The first kappa shape index (κ1) is 21.0. The maximum Gasteiger partial charge on any atom is 0.228 e. The van der Waals surface area contributed by atoms with Gasteiger partial charge in [-0.3, -0.25) is 14.8 Å². The van der Waals surface area contributed by atoms with Crippen LogP contribution in [0.2, 0.25) is 0 Å². The molecule has 3 aromatic rings. The van der Waals surface area contributed by atoms with E-state index in [0.29, 0.717) is 67.4 Å². The van der Waals surface area contributed by atoms with Crippen molar-refractivity contribution < 1.29 is 9.53 Å². The Kier molecular flexibility index (Phi) is 5.69. The molecule has 5 heterocycles. The first-order chi connectivity index (χ1) is 16.1. The summed E-state index contributed by atoms with van der Waals surface area (Å²) in [7, 11) is 0. The monoisotopic (exact) mass is 447 g/mol. The maximum atomic E-state index is 12.1. The number of morpholine rings is 1. The van der Waals surface area contributed by atoms with Crippen LogP contribution in [0.4, 0.5) is 23.4 Å². The highest BCUT2D eigenvalue weighted by molar-refractivity contribution is 5.96. The second-order valence-electron chi connectivity index (χ2n) is 8.05. The number of H-pyrrole nitrogens is 1. The first-order valence-electron chi connectivity index (χ1n) is 10.9. The molecule has 0 unspecified atom stereocenters. The molecule has 170 valence electrons. The van der Waals surface area contributed by atoms with Gasteiger partial charge in [0.1, 0.15) is 17.5 Å². The number of rotatable bonds is 6. The Bertz CT molecular complexity index is 1150. The molecule has 2 aliphatic heterocycles. The van der Waals surface area contributed by atoms with Gasteiger partial charge in [-0.2, -0.15) is 10.1 Å². The smallest absolute Gasteiger partial charge is 0.228 e. The minimum atomic E-state index is 0.0899. The quantitative estimate of drug-likeness (QED) is 0.490. The van der Waals surface area contributed by atoms with Gasteiger partial charge >= 0.3 is 0 Å². The van der Waals surface area contributed by atoms with E-state index in [9.17, 15) is 4.79 Å². The zero-order chi connectivity index (χ0) is 22.8. The number of pyridine rings is 1. The predicted octanol–water partition coefficient (Wildman–Crippen LogP) is 2.35. The lowest BCUT2D eigenvalue weighted by molar-refractivity contribution is -0.117. The fourth-order valence-electron chi connectivity index (χ4n) is 4.09. The molecule has 1 amide bonds. The summed E-state index contributed by atoms with van der Waals surface area (Å²) in [6.07, 6.45) is 5.97. The molecule has 33 heavy (non-hydrogen) atoms. The second kappa shape index (κ2) is 8.94. The highest BCUT2D eigenvalue weighted by Gasteiger charge is 2.26. The molecule has 0 saturated carbocycles. The Morgan fingerprint density at radius 1 is 1.27 bits per heavy atom. The average molecular weight is 448 g/mol. The molecule has 1 atom stereocenters. The number of carbonyl (C=O) groups excluding carboxylic acids is 1. The first-order valence-corrected chi connectivity index (χ1v) is 10.9. The molecule has 0 aromatic carbocycles. The molecule has 11 heteroatoms. The third kappa shape index (κ3) is 4.14. The molecular formula is C22H25N9O2. The van der Waals surface area contributed by atoms with Crippen LogP contribution in [0.1, 0.15) is 25.3 Å². The molecule has 0 aliphatic carbocycles. The van der Waals surface area contributed by atoms with Gasteiger partial charge in [-0.15, -0.1) is 0 Å². The van der Waals surface area contributed by atoms with Gasteiger partial charge in [0, 0.05) is 43.6 Å². The molecule has 3 aromatic heterocycles. The number of hydrogen-bond acceptors (Lipinski definition) is 9. The van der Waals surface area contributed by atoms with Gasteiger partial charge in [-0.05, 0) is 25.5 Å². The van der Waals surface area contributed by atoms with Crippen molar-refractivity contribution in [3.8, 4) is 11.3 Å². The third-order valence-electron chi connectivity index (χ3n) is 5.83. The van der Waals surface area contributed by atoms with E-state index in [0.717, 1.165) is 12.0 Å². The number of nitrogens with zero attached hydrogens (tertiary/aromatic N) is 6. The Balaban J connectivity index is 1.57. The lowest BCUT2D eigenvalue weighted by Gasteiger charge is -2.33. The second-order valence-corrected chi connectivity index (χ2v) is 8.05. The van der Waals surface area contributed by atoms with Gasteiger partial charge < -0.3 is 20.4 Å². The molecule has 0 radical (unpaired) electrons. The lowest BCUT2D eigenvalue weighted by atomic mass is 10.1.